The SMILES string of the molecule is CN(Cc1cc(C(F)(F)F)cc(C(F)(F)F)c1)C(=O)C(=O)Nc1ccc(Cl)cc1Nc1ccc(F)cc1. The molecule has 0 bridgehead atoms. The maximum Gasteiger partial charge on any atom is 0.416 e. The Bertz CT molecular complexity index is 1280. The van der Waals surface area contributed by atoms with E-state index in [1.807, 2.05) is 0 Å². The number of nitrogens with zero attached hydrogens (tertiary/aromatic N) is 1. The van der Waals surface area contributed by atoms with Crippen LogP contribution in [0.15, 0.2) is 60.7 Å². The fourth-order valence-electron chi connectivity index (χ4n) is 3.22. The zero-order chi connectivity index (χ0) is 27.5. The molecule has 0 aliphatic rings. The van der Waals surface area contributed by atoms with Crippen molar-refractivity contribution < 1.29 is 40.3 Å². The molecular formula is C24H17ClF7N3O2. The molecule has 0 atom stereocenters. The Kier molecular flexibility index (Phi) is 8.01. The average molecular weight is 548 g/mol. The summed E-state index contributed by atoms with van der Waals surface area (Å²) in [4.78, 5) is 25.8. The molecule has 2 N–H and O–H groups in total. The van der Waals surface area contributed by atoms with Gasteiger partial charge in [0.1, 0.15) is 5.82 Å². The molecule has 37 heavy (non-hydrogen) atoms. The first kappa shape index (κ1) is 27.8. The first-order valence-electron chi connectivity index (χ1n) is 10.3. The number of alkyl halides is 6. The minimum atomic E-state index is -5.06. The van der Waals surface area contributed by atoms with Crippen molar-refractivity contribution in [1.29, 1.82) is 0 Å². The Morgan fingerprint density at radius 3 is 1.95 bits per heavy atom. The molecular weight excluding hydrogens is 531 g/mol. The van der Waals surface area contributed by atoms with E-state index >= 15 is 0 Å². The van der Waals surface area contributed by atoms with E-state index in [1.54, 1.807) is 0 Å². The van der Waals surface area contributed by atoms with E-state index in [4.69, 9.17) is 11.6 Å². The van der Waals surface area contributed by atoms with Crippen molar-refractivity contribution in [1.82, 2.24) is 4.90 Å². The minimum absolute atomic E-state index is 0.0335. The van der Waals surface area contributed by atoms with Gasteiger partial charge >= 0.3 is 24.2 Å². The molecule has 2 amide bonds. The van der Waals surface area contributed by atoms with Crippen molar-refractivity contribution in [2.45, 2.75) is 18.9 Å². The lowest BCUT2D eigenvalue weighted by atomic mass is 10.0. The Balaban J connectivity index is 1.79. The molecule has 0 unspecified atom stereocenters. The summed E-state index contributed by atoms with van der Waals surface area (Å²) in [5, 5.41) is 5.47. The van der Waals surface area contributed by atoms with E-state index in [9.17, 15) is 40.3 Å². The van der Waals surface area contributed by atoms with Gasteiger partial charge in [0, 0.05) is 24.3 Å². The van der Waals surface area contributed by atoms with Crippen LogP contribution in [-0.4, -0.2) is 23.8 Å². The van der Waals surface area contributed by atoms with Gasteiger partial charge in [0.2, 0.25) is 0 Å². The smallest absolute Gasteiger partial charge is 0.354 e. The van der Waals surface area contributed by atoms with Gasteiger partial charge in [-0.2, -0.15) is 26.3 Å². The molecule has 0 saturated heterocycles. The summed E-state index contributed by atoms with van der Waals surface area (Å²) < 4.78 is 91.8. The van der Waals surface area contributed by atoms with E-state index < -0.39 is 53.2 Å². The summed E-state index contributed by atoms with van der Waals surface area (Å²) >= 11 is 5.99. The Morgan fingerprint density at radius 2 is 1.41 bits per heavy atom. The predicted octanol–water partition coefficient (Wildman–Crippen LogP) is 6.86. The van der Waals surface area contributed by atoms with Crippen LogP contribution in [0.3, 0.4) is 0 Å². The number of amides is 2. The monoisotopic (exact) mass is 547 g/mol. The minimum Gasteiger partial charge on any atom is -0.354 e. The second-order valence-corrected chi connectivity index (χ2v) is 8.29. The van der Waals surface area contributed by atoms with Crippen LogP contribution in [0.1, 0.15) is 16.7 Å². The number of nitrogens with one attached hydrogen (secondary N) is 2. The van der Waals surface area contributed by atoms with Gasteiger partial charge < -0.3 is 15.5 Å². The summed E-state index contributed by atoms with van der Waals surface area (Å²) in [5.41, 5.74) is -2.82. The van der Waals surface area contributed by atoms with Crippen LogP contribution in [0.5, 0.6) is 0 Å². The number of anilines is 3. The first-order valence-corrected chi connectivity index (χ1v) is 10.7. The molecule has 196 valence electrons. The third kappa shape index (κ3) is 7.35. The van der Waals surface area contributed by atoms with Gasteiger partial charge in [0.05, 0.1) is 22.5 Å². The number of likely N-dealkylation sites (N-methyl/N-ethyl adjacent to an activating group) is 1. The van der Waals surface area contributed by atoms with Crippen LogP contribution in [-0.2, 0) is 28.5 Å². The molecule has 0 fully saturated rings. The van der Waals surface area contributed by atoms with E-state index in [-0.39, 0.29) is 22.5 Å². The summed E-state index contributed by atoms with van der Waals surface area (Å²) in [5.74, 6) is -2.93. The highest BCUT2D eigenvalue weighted by Gasteiger charge is 2.37. The molecule has 3 aromatic carbocycles. The second kappa shape index (κ2) is 10.7. The lowest BCUT2D eigenvalue weighted by Crippen LogP contribution is -2.36. The lowest BCUT2D eigenvalue weighted by molar-refractivity contribution is -0.143. The number of hydrogen-bond acceptors (Lipinski definition) is 3. The van der Waals surface area contributed by atoms with Gasteiger partial charge in [0.15, 0.2) is 0 Å². The van der Waals surface area contributed by atoms with Crippen molar-refractivity contribution >= 4 is 40.5 Å². The predicted molar refractivity (Wildman–Crippen MR) is 123 cm³/mol. The maximum atomic E-state index is 13.2. The van der Waals surface area contributed by atoms with Crippen LogP contribution in [0, 0.1) is 5.82 Å². The molecule has 0 saturated carbocycles. The fraction of sp³-hybridized carbons (Fsp3) is 0.167. The largest absolute Gasteiger partial charge is 0.416 e. The quantitative estimate of drug-likeness (QED) is 0.271. The number of carbonyl (C=O) groups excluding carboxylic acids is 2. The maximum absolute atomic E-state index is 13.2. The van der Waals surface area contributed by atoms with Gasteiger partial charge in [-0.15, -0.1) is 0 Å². The third-order valence-electron chi connectivity index (χ3n) is 4.96. The van der Waals surface area contributed by atoms with E-state index in [0.29, 0.717) is 22.7 Å². The number of halogens is 8. The first-order chi connectivity index (χ1) is 17.1. The molecule has 3 aromatic rings. The highest BCUT2D eigenvalue weighted by molar-refractivity contribution is 6.40. The van der Waals surface area contributed by atoms with Gasteiger partial charge in [-0.25, -0.2) is 4.39 Å². The molecule has 13 heteroatoms. The molecule has 0 spiro atoms. The second-order valence-electron chi connectivity index (χ2n) is 7.85. The number of rotatable bonds is 5. The topological polar surface area (TPSA) is 61.4 Å². The van der Waals surface area contributed by atoms with Gasteiger partial charge in [0.25, 0.3) is 0 Å². The summed E-state index contributed by atoms with van der Waals surface area (Å²) in [6.45, 7) is -0.708. The molecule has 0 aliphatic heterocycles. The van der Waals surface area contributed by atoms with Crippen LogP contribution < -0.4 is 10.6 Å². The lowest BCUT2D eigenvalue weighted by Gasteiger charge is -2.20. The standard InChI is InChI=1S/C24H17ClF7N3O2/c1-35(12-13-8-14(23(27,28)29)10-15(9-13)24(30,31)32)22(37)21(36)34-19-7-2-16(25)11-20(19)33-18-5-3-17(26)4-6-18/h2-11,33H,12H2,1H3,(H,34,36). The van der Waals surface area contributed by atoms with E-state index in [0.717, 1.165) is 7.05 Å². The van der Waals surface area contributed by atoms with Crippen molar-refractivity contribution in [3.05, 3.63) is 88.2 Å². The Labute approximate surface area is 210 Å². The van der Waals surface area contributed by atoms with Gasteiger partial charge in [-0.1, -0.05) is 11.6 Å². The molecule has 5 nitrogen and oxygen atoms in total. The Morgan fingerprint density at radius 1 is 0.838 bits per heavy atom. The van der Waals surface area contributed by atoms with Crippen LogP contribution in [0.2, 0.25) is 5.02 Å². The van der Waals surface area contributed by atoms with E-state index in [1.165, 1.54) is 42.5 Å². The van der Waals surface area contributed by atoms with Gasteiger partial charge in [-0.05, 0) is 66.2 Å². The fourth-order valence-corrected chi connectivity index (χ4v) is 3.40. The normalized spacial score (nSPS) is 11.7. The summed E-state index contributed by atoms with van der Waals surface area (Å²) in [6, 6.07) is 10.3. The van der Waals surface area contributed by atoms with Crippen molar-refractivity contribution in [2.75, 3.05) is 17.7 Å². The van der Waals surface area contributed by atoms with Crippen LogP contribution in [0.25, 0.3) is 0 Å². The third-order valence-corrected chi connectivity index (χ3v) is 5.20. The number of carbonyl (C=O) groups is 2. The van der Waals surface area contributed by atoms with E-state index in [2.05, 4.69) is 10.6 Å². The summed E-state index contributed by atoms with van der Waals surface area (Å²) in [7, 11) is 1.05. The molecule has 0 aromatic heterocycles. The molecule has 0 heterocycles. The highest BCUT2D eigenvalue weighted by atomic mass is 35.5. The van der Waals surface area contributed by atoms with Crippen LogP contribution in [0.4, 0.5) is 47.8 Å². The molecule has 0 radical (unpaired) electrons. The zero-order valence-corrected chi connectivity index (χ0v) is 19.5. The van der Waals surface area contributed by atoms with Crippen LogP contribution >= 0.6 is 11.6 Å². The molecule has 3 rings (SSSR count). The average Bonchev–Trinajstić information content (AvgIpc) is 2.80. The van der Waals surface area contributed by atoms with Crippen molar-refractivity contribution in [3.63, 3.8) is 0 Å². The highest BCUT2D eigenvalue weighted by Crippen LogP contribution is 2.36. The Hall–Kier alpha value is -3.80. The number of hydrogen-bond donors (Lipinski definition) is 2. The zero-order valence-electron chi connectivity index (χ0n) is 18.8. The summed E-state index contributed by atoms with van der Waals surface area (Å²) in [6.07, 6.45) is -10.1. The van der Waals surface area contributed by atoms with Crippen molar-refractivity contribution in [2.24, 2.45) is 0 Å². The van der Waals surface area contributed by atoms with Crippen molar-refractivity contribution in [3.8, 4) is 0 Å². The molecule has 0 aliphatic carbocycles. The van der Waals surface area contributed by atoms with Gasteiger partial charge in [-0.3, -0.25) is 9.59 Å². The number of benzene rings is 3.